The predicted molar refractivity (Wildman–Crippen MR) is 41.6 cm³/mol. The van der Waals surface area contributed by atoms with Gasteiger partial charge in [0.2, 0.25) is 0 Å². The first kappa shape index (κ1) is 9.04. The smallest absolute Gasteiger partial charge is 0.130 e. The van der Waals surface area contributed by atoms with E-state index >= 15 is 0 Å². The molecule has 0 radical (unpaired) electrons. The average Bonchev–Trinajstić information content (AvgIpc) is 1.90. The van der Waals surface area contributed by atoms with Gasteiger partial charge in [-0.05, 0) is 12.6 Å². The summed E-state index contributed by atoms with van der Waals surface area (Å²) in [6, 6.07) is 0. The second-order valence-corrected chi connectivity index (χ2v) is 1.88. The van der Waals surface area contributed by atoms with Crippen LogP contribution < -0.4 is 11.2 Å². The van der Waals surface area contributed by atoms with Gasteiger partial charge in [-0.1, -0.05) is 19.9 Å². The van der Waals surface area contributed by atoms with Crippen molar-refractivity contribution in [2.45, 2.75) is 19.8 Å². The third-order valence-corrected chi connectivity index (χ3v) is 1.02. The number of nitrogens with two attached hydrogens (primary N) is 1. The molecule has 3 N–H and O–H groups in total. The minimum atomic E-state index is 0.920. The van der Waals surface area contributed by atoms with Gasteiger partial charge in [-0.3, -0.25) is 0 Å². The Labute approximate surface area is 61.5 Å². The van der Waals surface area contributed by atoms with E-state index in [1.165, 1.54) is 6.26 Å². The molecule has 0 aliphatic heterocycles. The molecule has 3 nitrogen and oxygen atoms in total. The minimum absolute atomic E-state index is 0.920. The Balaban J connectivity index is 3.71. The Morgan fingerprint density at radius 3 is 2.90 bits per heavy atom. The van der Waals surface area contributed by atoms with E-state index in [4.69, 9.17) is 5.90 Å². The van der Waals surface area contributed by atoms with Gasteiger partial charge < -0.3 is 10.2 Å². The van der Waals surface area contributed by atoms with Gasteiger partial charge in [-0.25, -0.2) is 0 Å². The maximum atomic E-state index is 4.84. The normalized spacial score (nSPS) is 10.8. The van der Waals surface area contributed by atoms with E-state index in [1.54, 1.807) is 6.20 Å². The van der Waals surface area contributed by atoms with Crippen LogP contribution in [-0.2, 0) is 4.84 Å². The molecule has 0 aliphatic carbocycles. The van der Waals surface area contributed by atoms with E-state index in [0.717, 1.165) is 18.5 Å². The van der Waals surface area contributed by atoms with Crippen LogP contribution >= 0.6 is 0 Å². The zero-order valence-electron chi connectivity index (χ0n) is 6.26. The zero-order chi connectivity index (χ0) is 7.82. The Hall–Kier alpha value is -0.960. The number of hydrogen-bond donors (Lipinski definition) is 2. The zero-order valence-corrected chi connectivity index (χ0v) is 6.26. The van der Waals surface area contributed by atoms with Crippen molar-refractivity contribution < 1.29 is 4.84 Å². The number of nitrogens with one attached hydrogen (secondary N) is 1. The van der Waals surface area contributed by atoms with Crippen LogP contribution in [0.1, 0.15) is 19.8 Å². The number of rotatable bonds is 5. The van der Waals surface area contributed by atoms with Gasteiger partial charge in [0.05, 0.1) is 5.70 Å². The average molecular weight is 142 g/mol. The number of allylic oxidation sites excluding steroid dienone is 1. The van der Waals surface area contributed by atoms with E-state index in [1.807, 2.05) is 0 Å². The summed E-state index contributed by atoms with van der Waals surface area (Å²) in [5.74, 6) is 4.84. The standard InChI is InChI=1S/C7H14N2O/c1-3-5-7(6-10-8)9-4-2/h4,6,9H,2-3,5,8H2,1H3. The molecule has 0 saturated carbocycles. The van der Waals surface area contributed by atoms with Gasteiger partial charge in [0.15, 0.2) is 0 Å². The van der Waals surface area contributed by atoms with Crippen LogP contribution in [0.25, 0.3) is 0 Å². The molecule has 0 amide bonds. The Morgan fingerprint density at radius 1 is 1.80 bits per heavy atom. The van der Waals surface area contributed by atoms with E-state index in [-0.39, 0.29) is 0 Å². The minimum Gasteiger partial charge on any atom is -0.417 e. The molecular formula is C7H14N2O. The molecule has 0 heterocycles. The highest BCUT2D eigenvalue weighted by Crippen LogP contribution is 1.99. The van der Waals surface area contributed by atoms with Crippen molar-refractivity contribution in [3.8, 4) is 0 Å². The first-order valence-electron chi connectivity index (χ1n) is 3.27. The van der Waals surface area contributed by atoms with E-state index in [0.29, 0.717) is 0 Å². The van der Waals surface area contributed by atoms with E-state index in [2.05, 4.69) is 23.7 Å². The molecule has 0 saturated heterocycles. The lowest BCUT2D eigenvalue weighted by Crippen LogP contribution is -2.05. The molecule has 0 aromatic heterocycles. The highest BCUT2D eigenvalue weighted by atomic mass is 16.6. The molecule has 0 aromatic carbocycles. The Morgan fingerprint density at radius 2 is 2.50 bits per heavy atom. The van der Waals surface area contributed by atoms with Gasteiger partial charge in [-0.2, -0.15) is 5.90 Å². The van der Waals surface area contributed by atoms with Gasteiger partial charge in [-0.15, -0.1) is 0 Å². The van der Waals surface area contributed by atoms with Gasteiger partial charge in [0.1, 0.15) is 6.26 Å². The van der Waals surface area contributed by atoms with Crippen LogP contribution in [0.4, 0.5) is 0 Å². The van der Waals surface area contributed by atoms with Crippen LogP contribution in [0, 0.1) is 0 Å². The van der Waals surface area contributed by atoms with Crippen molar-refractivity contribution >= 4 is 0 Å². The van der Waals surface area contributed by atoms with Gasteiger partial charge >= 0.3 is 0 Å². The van der Waals surface area contributed by atoms with Crippen molar-refractivity contribution in [2.24, 2.45) is 5.90 Å². The van der Waals surface area contributed by atoms with Crippen LogP contribution in [0.2, 0.25) is 0 Å². The molecule has 10 heavy (non-hydrogen) atoms. The van der Waals surface area contributed by atoms with Crippen molar-refractivity contribution in [1.82, 2.24) is 5.32 Å². The van der Waals surface area contributed by atoms with Gasteiger partial charge in [0, 0.05) is 0 Å². The molecule has 0 aliphatic rings. The molecule has 0 rings (SSSR count). The Bertz CT molecular complexity index is 121. The Kier molecular flexibility index (Phi) is 5.57. The molecule has 0 bridgehead atoms. The fourth-order valence-electron chi connectivity index (χ4n) is 0.648. The second-order valence-electron chi connectivity index (χ2n) is 1.88. The molecule has 0 fully saturated rings. The topological polar surface area (TPSA) is 47.3 Å². The van der Waals surface area contributed by atoms with E-state index in [9.17, 15) is 0 Å². The highest BCUT2D eigenvalue weighted by molar-refractivity contribution is 4.97. The van der Waals surface area contributed by atoms with Crippen LogP contribution in [0.15, 0.2) is 24.7 Å². The van der Waals surface area contributed by atoms with Gasteiger partial charge in [0.25, 0.3) is 0 Å². The summed E-state index contributed by atoms with van der Waals surface area (Å²) < 4.78 is 0. The lowest BCUT2D eigenvalue weighted by atomic mass is 10.3. The maximum absolute atomic E-state index is 4.84. The summed E-state index contributed by atoms with van der Waals surface area (Å²) in [5, 5.41) is 2.90. The first-order chi connectivity index (χ1) is 4.85. The summed E-state index contributed by atoms with van der Waals surface area (Å²) in [5.41, 5.74) is 0.944. The summed E-state index contributed by atoms with van der Waals surface area (Å²) in [6.07, 6.45) is 5.05. The summed E-state index contributed by atoms with van der Waals surface area (Å²) in [7, 11) is 0. The lowest BCUT2D eigenvalue weighted by molar-refractivity contribution is 0.255. The number of hydrogen-bond acceptors (Lipinski definition) is 3. The summed E-state index contributed by atoms with van der Waals surface area (Å²) >= 11 is 0. The molecule has 3 heteroatoms. The largest absolute Gasteiger partial charge is 0.417 e. The van der Waals surface area contributed by atoms with Crippen LogP contribution in [-0.4, -0.2) is 0 Å². The van der Waals surface area contributed by atoms with E-state index < -0.39 is 0 Å². The van der Waals surface area contributed by atoms with Crippen molar-refractivity contribution in [2.75, 3.05) is 0 Å². The van der Waals surface area contributed by atoms with Crippen molar-refractivity contribution in [3.05, 3.63) is 24.7 Å². The molecule has 0 unspecified atom stereocenters. The van der Waals surface area contributed by atoms with Crippen LogP contribution in [0.5, 0.6) is 0 Å². The third-order valence-electron chi connectivity index (χ3n) is 1.02. The molecule has 0 aromatic rings. The fourth-order valence-corrected chi connectivity index (χ4v) is 0.648. The third kappa shape index (κ3) is 3.97. The molecular weight excluding hydrogens is 128 g/mol. The highest BCUT2D eigenvalue weighted by Gasteiger charge is 1.90. The summed E-state index contributed by atoms with van der Waals surface area (Å²) in [4.78, 5) is 4.34. The molecule has 0 spiro atoms. The SMILES string of the molecule is C=CNC(=CON)CCC. The second kappa shape index (κ2) is 6.16. The van der Waals surface area contributed by atoms with Crippen molar-refractivity contribution in [3.63, 3.8) is 0 Å². The van der Waals surface area contributed by atoms with Crippen LogP contribution in [0.3, 0.4) is 0 Å². The molecule has 0 atom stereocenters. The monoisotopic (exact) mass is 142 g/mol. The maximum Gasteiger partial charge on any atom is 0.130 e. The summed E-state index contributed by atoms with van der Waals surface area (Å²) in [6.45, 7) is 5.60. The van der Waals surface area contributed by atoms with Crippen molar-refractivity contribution in [1.29, 1.82) is 0 Å². The fraction of sp³-hybridized carbons (Fsp3) is 0.429. The lowest BCUT2D eigenvalue weighted by Gasteiger charge is -2.02. The quantitative estimate of drug-likeness (QED) is 0.448. The molecule has 58 valence electrons. The first-order valence-corrected chi connectivity index (χ1v) is 3.27. The predicted octanol–water partition coefficient (Wildman–Crippen LogP) is 1.25.